The highest BCUT2D eigenvalue weighted by atomic mass is 79.9. The van der Waals surface area contributed by atoms with Gasteiger partial charge in [0.15, 0.2) is 0 Å². The van der Waals surface area contributed by atoms with Crippen molar-refractivity contribution >= 4 is 22.0 Å². The summed E-state index contributed by atoms with van der Waals surface area (Å²) >= 11 is 3.50. The molecule has 2 fully saturated rings. The van der Waals surface area contributed by atoms with Gasteiger partial charge in [-0.3, -0.25) is 4.68 Å². The topological polar surface area (TPSA) is 47.4 Å². The van der Waals surface area contributed by atoms with Crippen molar-refractivity contribution in [3.63, 3.8) is 0 Å². The van der Waals surface area contributed by atoms with Gasteiger partial charge in [0.2, 0.25) is 0 Å². The Morgan fingerprint density at radius 1 is 1.43 bits per heavy atom. The SMILES string of the molecule is Cc1nn(C2CC3(C2)CN(C(=O)OC(C)(C)C)C3)cc1Br. The molecule has 0 radical (unpaired) electrons. The molecule has 116 valence electrons. The lowest BCUT2D eigenvalue weighted by atomic mass is 9.61. The van der Waals surface area contributed by atoms with Gasteiger partial charge in [0, 0.05) is 24.7 Å². The number of ether oxygens (including phenoxy) is 1. The summed E-state index contributed by atoms with van der Waals surface area (Å²) in [6.45, 7) is 9.34. The molecule has 21 heavy (non-hydrogen) atoms. The zero-order chi connectivity index (χ0) is 15.4. The molecule has 0 N–H and O–H groups in total. The summed E-state index contributed by atoms with van der Waals surface area (Å²) < 4.78 is 8.52. The molecule has 1 aromatic heterocycles. The highest BCUT2D eigenvalue weighted by Gasteiger charge is 2.55. The van der Waals surface area contributed by atoms with Crippen molar-refractivity contribution in [2.45, 2.75) is 52.2 Å². The second-order valence-electron chi connectivity index (χ2n) is 7.44. The molecule has 2 heterocycles. The monoisotopic (exact) mass is 355 g/mol. The van der Waals surface area contributed by atoms with Crippen LogP contribution in [0.5, 0.6) is 0 Å². The smallest absolute Gasteiger partial charge is 0.410 e. The lowest BCUT2D eigenvalue weighted by Crippen LogP contribution is -2.64. The molecule has 1 saturated carbocycles. The average molecular weight is 356 g/mol. The van der Waals surface area contributed by atoms with Crippen LogP contribution in [0.15, 0.2) is 10.7 Å². The molecule has 5 nitrogen and oxygen atoms in total. The Kier molecular flexibility index (Phi) is 3.35. The second kappa shape index (κ2) is 4.73. The number of amides is 1. The minimum Gasteiger partial charge on any atom is -0.444 e. The summed E-state index contributed by atoms with van der Waals surface area (Å²) in [6, 6.07) is 0.468. The number of carbonyl (C=O) groups is 1. The predicted octanol–water partition coefficient (Wildman–Crippen LogP) is 3.53. The lowest BCUT2D eigenvalue weighted by Gasteiger charge is -2.58. The van der Waals surface area contributed by atoms with Gasteiger partial charge in [-0.2, -0.15) is 5.10 Å². The van der Waals surface area contributed by atoms with Crippen molar-refractivity contribution in [3.8, 4) is 0 Å². The molecule has 0 bridgehead atoms. The van der Waals surface area contributed by atoms with Gasteiger partial charge in [-0.15, -0.1) is 0 Å². The summed E-state index contributed by atoms with van der Waals surface area (Å²) in [5, 5.41) is 4.52. The first-order chi connectivity index (χ1) is 9.67. The Labute approximate surface area is 133 Å². The Morgan fingerprint density at radius 3 is 2.52 bits per heavy atom. The quantitative estimate of drug-likeness (QED) is 0.774. The molecule has 1 aromatic rings. The molecule has 3 rings (SSSR count). The minimum absolute atomic E-state index is 0.186. The van der Waals surface area contributed by atoms with Crippen LogP contribution >= 0.6 is 15.9 Å². The van der Waals surface area contributed by atoms with Gasteiger partial charge in [0.25, 0.3) is 0 Å². The van der Waals surface area contributed by atoms with Crippen molar-refractivity contribution in [1.29, 1.82) is 0 Å². The van der Waals surface area contributed by atoms with E-state index in [2.05, 4.69) is 31.9 Å². The van der Waals surface area contributed by atoms with Gasteiger partial charge >= 0.3 is 6.09 Å². The molecule has 1 amide bonds. The molecular formula is C15H22BrN3O2. The maximum absolute atomic E-state index is 11.9. The van der Waals surface area contributed by atoms with E-state index in [4.69, 9.17) is 4.74 Å². The summed E-state index contributed by atoms with van der Waals surface area (Å²) in [7, 11) is 0. The number of carbonyl (C=O) groups excluding carboxylic acids is 1. The zero-order valence-electron chi connectivity index (χ0n) is 13.0. The van der Waals surface area contributed by atoms with Crippen LogP contribution < -0.4 is 0 Å². The van der Waals surface area contributed by atoms with E-state index in [0.717, 1.165) is 36.1 Å². The average Bonchev–Trinajstić information content (AvgIpc) is 2.52. The van der Waals surface area contributed by atoms with Crippen molar-refractivity contribution in [2.24, 2.45) is 5.41 Å². The molecule has 0 aromatic carbocycles. The van der Waals surface area contributed by atoms with Crippen molar-refractivity contribution in [3.05, 3.63) is 16.4 Å². The summed E-state index contributed by atoms with van der Waals surface area (Å²) in [4.78, 5) is 13.8. The molecule has 0 unspecified atom stereocenters. The molecule has 1 aliphatic heterocycles. The third kappa shape index (κ3) is 2.82. The number of halogens is 1. The highest BCUT2D eigenvalue weighted by molar-refractivity contribution is 9.10. The van der Waals surface area contributed by atoms with E-state index in [-0.39, 0.29) is 6.09 Å². The number of aryl methyl sites for hydroxylation is 1. The van der Waals surface area contributed by atoms with Gasteiger partial charge in [0.1, 0.15) is 5.60 Å². The summed E-state index contributed by atoms with van der Waals surface area (Å²) in [5.41, 5.74) is 0.911. The van der Waals surface area contributed by atoms with Crippen LogP contribution in [0.1, 0.15) is 45.3 Å². The largest absolute Gasteiger partial charge is 0.444 e. The Bertz CT molecular complexity index is 542. The van der Waals surface area contributed by atoms with Gasteiger partial charge in [0.05, 0.1) is 16.2 Å². The van der Waals surface area contributed by atoms with Crippen LogP contribution in [-0.4, -0.2) is 39.5 Å². The second-order valence-corrected chi connectivity index (χ2v) is 8.30. The van der Waals surface area contributed by atoms with Crippen molar-refractivity contribution < 1.29 is 9.53 Å². The molecule has 1 saturated heterocycles. The molecule has 1 spiro atoms. The summed E-state index contributed by atoms with van der Waals surface area (Å²) in [6.07, 6.45) is 4.06. The van der Waals surface area contributed by atoms with E-state index in [0.29, 0.717) is 11.5 Å². The van der Waals surface area contributed by atoms with Gasteiger partial charge in [-0.1, -0.05) is 0 Å². The van der Waals surface area contributed by atoms with Crippen LogP contribution in [0, 0.1) is 12.3 Å². The Hall–Kier alpha value is -1.04. The molecule has 0 atom stereocenters. The number of nitrogens with zero attached hydrogens (tertiary/aromatic N) is 3. The van der Waals surface area contributed by atoms with Crippen LogP contribution in [0.25, 0.3) is 0 Å². The number of hydrogen-bond acceptors (Lipinski definition) is 3. The maximum atomic E-state index is 11.9. The fourth-order valence-electron chi connectivity index (χ4n) is 3.25. The van der Waals surface area contributed by atoms with E-state index in [9.17, 15) is 4.79 Å². The van der Waals surface area contributed by atoms with Crippen LogP contribution in [0.2, 0.25) is 0 Å². The molecule has 1 aliphatic carbocycles. The third-order valence-electron chi connectivity index (χ3n) is 4.27. The van der Waals surface area contributed by atoms with Crippen molar-refractivity contribution in [2.75, 3.05) is 13.1 Å². The standard InChI is InChI=1S/C15H22BrN3O2/c1-10-12(16)7-19(17-10)11-5-15(6-11)8-18(9-15)13(20)21-14(2,3)4/h7,11H,5-6,8-9H2,1-4H3. The Morgan fingerprint density at radius 2 is 2.05 bits per heavy atom. The fourth-order valence-corrected chi connectivity index (χ4v) is 3.54. The van der Waals surface area contributed by atoms with Crippen LogP contribution in [0.3, 0.4) is 0 Å². The first-order valence-electron chi connectivity index (χ1n) is 7.37. The summed E-state index contributed by atoms with van der Waals surface area (Å²) in [5.74, 6) is 0. The highest BCUT2D eigenvalue weighted by Crippen LogP contribution is 2.54. The number of hydrogen-bond donors (Lipinski definition) is 0. The third-order valence-corrected chi connectivity index (χ3v) is 5.05. The lowest BCUT2D eigenvalue weighted by molar-refractivity contribution is -0.0928. The first-order valence-corrected chi connectivity index (χ1v) is 8.16. The molecular weight excluding hydrogens is 334 g/mol. The van der Waals surface area contributed by atoms with E-state index in [1.807, 2.05) is 32.6 Å². The van der Waals surface area contributed by atoms with Gasteiger partial charge in [-0.05, 0) is 56.5 Å². The number of likely N-dealkylation sites (tertiary alicyclic amines) is 1. The maximum Gasteiger partial charge on any atom is 0.410 e. The first kappa shape index (κ1) is 14.9. The van der Waals surface area contributed by atoms with Crippen LogP contribution in [0.4, 0.5) is 4.79 Å². The molecule has 6 heteroatoms. The normalized spacial score (nSPS) is 21.1. The molecule has 2 aliphatic rings. The van der Waals surface area contributed by atoms with E-state index < -0.39 is 5.60 Å². The van der Waals surface area contributed by atoms with E-state index in [1.165, 1.54) is 0 Å². The van der Waals surface area contributed by atoms with Gasteiger partial charge in [-0.25, -0.2) is 4.79 Å². The number of aromatic nitrogens is 2. The Balaban J connectivity index is 1.51. The van der Waals surface area contributed by atoms with Gasteiger partial charge < -0.3 is 9.64 Å². The van der Waals surface area contributed by atoms with E-state index >= 15 is 0 Å². The van der Waals surface area contributed by atoms with Crippen molar-refractivity contribution in [1.82, 2.24) is 14.7 Å². The zero-order valence-corrected chi connectivity index (χ0v) is 14.6. The fraction of sp³-hybridized carbons (Fsp3) is 0.733. The number of rotatable bonds is 1. The van der Waals surface area contributed by atoms with E-state index in [1.54, 1.807) is 0 Å². The van der Waals surface area contributed by atoms with Crippen LogP contribution in [-0.2, 0) is 4.74 Å². The predicted molar refractivity (Wildman–Crippen MR) is 83.2 cm³/mol. The minimum atomic E-state index is -0.416.